The van der Waals surface area contributed by atoms with E-state index in [1.165, 1.54) is 13.8 Å². The van der Waals surface area contributed by atoms with Crippen LogP contribution in [0.2, 0.25) is 0 Å². The molecule has 6 heteroatoms. The molecule has 0 aliphatic heterocycles. The summed E-state index contributed by atoms with van der Waals surface area (Å²) in [7, 11) is 0. The number of hydrogen-bond donors (Lipinski definition) is 3. The molecule has 2 amide bonds. The summed E-state index contributed by atoms with van der Waals surface area (Å²) in [6.07, 6.45) is 1.21. The third-order valence-corrected chi connectivity index (χ3v) is 3.07. The van der Waals surface area contributed by atoms with Crippen molar-refractivity contribution in [2.75, 3.05) is 0 Å². The SMILES string of the molecule is C=CC(=O)NC(C)(C)C(=O)NC(Cc1ccccc1)C(=O)O.CC. The smallest absolute Gasteiger partial charge is 0.326 e. The second-order valence-corrected chi connectivity index (χ2v) is 5.37. The van der Waals surface area contributed by atoms with Gasteiger partial charge in [-0.2, -0.15) is 0 Å². The van der Waals surface area contributed by atoms with Crippen LogP contribution >= 0.6 is 0 Å². The van der Waals surface area contributed by atoms with Crippen LogP contribution in [-0.2, 0) is 20.8 Å². The highest BCUT2D eigenvalue weighted by atomic mass is 16.4. The van der Waals surface area contributed by atoms with Crippen molar-refractivity contribution >= 4 is 17.8 Å². The van der Waals surface area contributed by atoms with Gasteiger partial charge in [-0.15, -0.1) is 0 Å². The fourth-order valence-electron chi connectivity index (χ4n) is 1.80. The highest BCUT2D eigenvalue weighted by Gasteiger charge is 2.32. The van der Waals surface area contributed by atoms with Gasteiger partial charge in [0.05, 0.1) is 0 Å². The van der Waals surface area contributed by atoms with Crippen molar-refractivity contribution in [1.29, 1.82) is 0 Å². The first-order chi connectivity index (χ1) is 11.3. The van der Waals surface area contributed by atoms with Gasteiger partial charge in [-0.25, -0.2) is 4.79 Å². The van der Waals surface area contributed by atoms with Gasteiger partial charge in [0, 0.05) is 6.42 Å². The summed E-state index contributed by atoms with van der Waals surface area (Å²) >= 11 is 0. The first-order valence-corrected chi connectivity index (χ1v) is 7.78. The minimum absolute atomic E-state index is 0.160. The van der Waals surface area contributed by atoms with E-state index in [0.717, 1.165) is 11.6 Å². The minimum Gasteiger partial charge on any atom is -0.480 e. The maximum atomic E-state index is 12.2. The molecule has 1 unspecified atom stereocenters. The Hall–Kier alpha value is -2.63. The monoisotopic (exact) mass is 334 g/mol. The molecule has 0 fully saturated rings. The molecule has 6 nitrogen and oxygen atoms in total. The van der Waals surface area contributed by atoms with Gasteiger partial charge in [-0.1, -0.05) is 50.8 Å². The molecule has 132 valence electrons. The lowest BCUT2D eigenvalue weighted by atomic mass is 10.0. The number of carbonyl (C=O) groups excluding carboxylic acids is 2. The second-order valence-electron chi connectivity index (χ2n) is 5.37. The van der Waals surface area contributed by atoms with E-state index in [9.17, 15) is 19.5 Å². The van der Waals surface area contributed by atoms with Crippen LogP contribution in [-0.4, -0.2) is 34.5 Å². The molecule has 1 rings (SSSR count). The molecule has 0 bridgehead atoms. The van der Waals surface area contributed by atoms with Gasteiger partial charge >= 0.3 is 5.97 Å². The van der Waals surface area contributed by atoms with Crippen molar-refractivity contribution in [3.8, 4) is 0 Å². The summed E-state index contributed by atoms with van der Waals surface area (Å²) in [5, 5.41) is 14.2. The molecule has 0 aliphatic rings. The van der Waals surface area contributed by atoms with Crippen LogP contribution in [0.3, 0.4) is 0 Å². The molecule has 0 saturated heterocycles. The summed E-state index contributed by atoms with van der Waals surface area (Å²) in [5.74, 6) is -2.22. The number of aliphatic carboxylic acids is 1. The minimum atomic E-state index is -1.24. The number of carbonyl (C=O) groups is 3. The van der Waals surface area contributed by atoms with E-state index in [1.807, 2.05) is 19.9 Å². The summed E-state index contributed by atoms with van der Waals surface area (Å²) in [4.78, 5) is 34.8. The normalized spacial score (nSPS) is 11.3. The predicted molar refractivity (Wildman–Crippen MR) is 93.5 cm³/mol. The first kappa shape index (κ1) is 21.4. The molecule has 1 atom stereocenters. The molecule has 0 saturated carbocycles. The van der Waals surface area contributed by atoms with E-state index in [2.05, 4.69) is 17.2 Å². The molecule has 24 heavy (non-hydrogen) atoms. The number of nitrogens with one attached hydrogen (secondary N) is 2. The van der Waals surface area contributed by atoms with Crippen LogP contribution in [0.15, 0.2) is 43.0 Å². The van der Waals surface area contributed by atoms with Crippen LogP contribution < -0.4 is 10.6 Å². The van der Waals surface area contributed by atoms with Crippen LogP contribution in [0.25, 0.3) is 0 Å². The van der Waals surface area contributed by atoms with E-state index in [-0.39, 0.29) is 6.42 Å². The second kappa shape index (κ2) is 10.2. The van der Waals surface area contributed by atoms with Gasteiger partial charge in [0.2, 0.25) is 11.8 Å². The third kappa shape index (κ3) is 7.09. The van der Waals surface area contributed by atoms with Crippen molar-refractivity contribution < 1.29 is 19.5 Å². The highest BCUT2D eigenvalue weighted by Crippen LogP contribution is 2.07. The van der Waals surface area contributed by atoms with Gasteiger partial charge in [0.15, 0.2) is 0 Å². The van der Waals surface area contributed by atoms with E-state index < -0.39 is 29.4 Å². The molecule has 0 spiro atoms. The summed E-state index contributed by atoms with van der Waals surface area (Å²) in [5.41, 5.74) is -0.446. The molecule has 0 radical (unpaired) electrons. The Bertz CT molecular complexity index is 568. The standard InChI is InChI=1S/C16H20N2O4.C2H6/c1-4-13(19)18-16(2,3)15(22)17-12(14(20)21)10-11-8-6-5-7-9-11;1-2/h4-9,12H,1,10H2,2-3H3,(H,17,22)(H,18,19)(H,20,21);1-2H3. The molecular weight excluding hydrogens is 308 g/mol. The van der Waals surface area contributed by atoms with E-state index in [0.29, 0.717) is 0 Å². The Labute approximate surface area is 143 Å². The Morgan fingerprint density at radius 1 is 1.21 bits per heavy atom. The fourth-order valence-corrected chi connectivity index (χ4v) is 1.80. The van der Waals surface area contributed by atoms with Crippen molar-refractivity contribution in [2.45, 2.75) is 45.7 Å². The van der Waals surface area contributed by atoms with Gasteiger partial charge in [-0.05, 0) is 25.5 Å². The predicted octanol–water partition coefficient (Wildman–Crippen LogP) is 1.91. The number of carboxylic acids is 1. The summed E-state index contributed by atoms with van der Waals surface area (Å²) in [6, 6.07) is 7.91. The lowest BCUT2D eigenvalue weighted by Crippen LogP contribution is -2.57. The Morgan fingerprint density at radius 3 is 2.21 bits per heavy atom. The number of carboxylic acid groups (broad SMARTS) is 1. The van der Waals surface area contributed by atoms with Crippen LogP contribution in [0.5, 0.6) is 0 Å². The lowest BCUT2D eigenvalue weighted by molar-refractivity contribution is -0.142. The lowest BCUT2D eigenvalue weighted by Gasteiger charge is -2.26. The highest BCUT2D eigenvalue weighted by molar-refractivity contribution is 5.96. The van der Waals surface area contributed by atoms with Crippen molar-refractivity contribution in [2.24, 2.45) is 0 Å². The van der Waals surface area contributed by atoms with E-state index >= 15 is 0 Å². The zero-order valence-corrected chi connectivity index (χ0v) is 14.6. The average molecular weight is 334 g/mol. The van der Waals surface area contributed by atoms with Gasteiger partial charge in [0.25, 0.3) is 0 Å². The van der Waals surface area contributed by atoms with Gasteiger partial charge in [0.1, 0.15) is 11.6 Å². The van der Waals surface area contributed by atoms with Crippen LogP contribution in [0.1, 0.15) is 33.3 Å². The van der Waals surface area contributed by atoms with Crippen molar-refractivity contribution in [3.63, 3.8) is 0 Å². The maximum absolute atomic E-state index is 12.2. The number of benzene rings is 1. The van der Waals surface area contributed by atoms with Crippen molar-refractivity contribution in [1.82, 2.24) is 10.6 Å². The Morgan fingerprint density at radius 2 is 1.75 bits per heavy atom. The number of hydrogen-bond acceptors (Lipinski definition) is 3. The van der Waals surface area contributed by atoms with Crippen molar-refractivity contribution in [3.05, 3.63) is 48.6 Å². The number of amides is 2. The first-order valence-electron chi connectivity index (χ1n) is 7.78. The topological polar surface area (TPSA) is 95.5 Å². The third-order valence-electron chi connectivity index (χ3n) is 3.07. The summed E-state index contributed by atoms with van der Waals surface area (Å²) in [6.45, 7) is 10.3. The molecule has 0 aliphatic carbocycles. The maximum Gasteiger partial charge on any atom is 0.326 e. The van der Waals surface area contributed by atoms with E-state index in [1.54, 1.807) is 24.3 Å². The summed E-state index contributed by atoms with van der Waals surface area (Å²) < 4.78 is 0. The molecule has 1 aromatic carbocycles. The Balaban J connectivity index is 0.00000254. The number of rotatable bonds is 7. The van der Waals surface area contributed by atoms with Gasteiger partial charge in [-0.3, -0.25) is 9.59 Å². The molecule has 0 heterocycles. The average Bonchev–Trinajstić information content (AvgIpc) is 2.56. The zero-order chi connectivity index (χ0) is 18.8. The molecular formula is C18H26N2O4. The quantitative estimate of drug-likeness (QED) is 0.664. The molecule has 1 aromatic rings. The zero-order valence-electron chi connectivity index (χ0n) is 14.6. The van der Waals surface area contributed by atoms with Crippen LogP contribution in [0, 0.1) is 0 Å². The molecule has 0 aromatic heterocycles. The van der Waals surface area contributed by atoms with Gasteiger partial charge < -0.3 is 15.7 Å². The molecule has 3 N–H and O–H groups in total. The largest absolute Gasteiger partial charge is 0.480 e. The van der Waals surface area contributed by atoms with E-state index in [4.69, 9.17) is 0 Å². The fraction of sp³-hybridized carbons (Fsp3) is 0.389. The Kier molecular flexibility index (Phi) is 9.08. The van der Waals surface area contributed by atoms with Crippen LogP contribution in [0.4, 0.5) is 0 Å².